The first-order valence-corrected chi connectivity index (χ1v) is 12.7. The molecule has 4 atom stereocenters. The molecule has 1 unspecified atom stereocenters. The third-order valence-corrected chi connectivity index (χ3v) is 8.88. The lowest BCUT2D eigenvalue weighted by atomic mass is 9.49. The van der Waals surface area contributed by atoms with Crippen LogP contribution in [0.25, 0.3) is 0 Å². The van der Waals surface area contributed by atoms with Crippen molar-refractivity contribution in [1.82, 2.24) is 0 Å². The van der Waals surface area contributed by atoms with E-state index in [9.17, 15) is 19.5 Å². The van der Waals surface area contributed by atoms with Crippen molar-refractivity contribution in [2.24, 2.45) is 10.8 Å². The zero-order valence-electron chi connectivity index (χ0n) is 21.2. The van der Waals surface area contributed by atoms with E-state index in [1.54, 1.807) is 19.9 Å². The second-order valence-corrected chi connectivity index (χ2v) is 11.0. The Morgan fingerprint density at radius 3 is 2.51 bits per heavy atom. The fraction of sp³-hybridized carbons (Fsp3) is 0.500. The van der Waals surface area contributed by atoms with E-state index in [1.165, 1.54) is 32.4 Å². The van der Waals surface area contributed by atoms with Gasteiger partial charge < -0.3 is 24.1 Å². The van der Waals surface area contributed by atoms with Crippen molar-refractivity contribution in [1.29, 1.82) is 0 Å². The lowest BCUT2D eigenvalue weighted by Crippen LogP contribution is -2.79. The number of rotatable bonds is 3. The maximum atomic E-state index is 14.5. The molecule has 196 valence electrons. The Morgan fingerprint density at radius 2 is 1.86 bits per heavy atom. The minimum absolute atomic E-state index is 0.0353. The average Bonchev–Trinajstić information content (AvgIpc) is 2.87. The first-order chi connectivity index (χ1) is 17.5. The molecule has 0 radical (unpaired) electrons. The van der Waals surface area contributed by atoms with Crippen LogP contribution >= 0.6 is 11.6 Å². The van der Waals surface area contributed by atoms with Crippen molar-refractivity contribution in [3.63, 3.8) is 0 Å². The van der Waals surface area contributed by atoms with Gasteiger partial charge in [-0.3, -0.25) is 9.59 Å². The number of ether oxygens (including phenoxy) is 4. The van der Waals surface area contributed by atoms with E-state index in [0.717, 1.165) is 37.7 Å². The summed E-state index contributed by atoms with van der Waals surface area (Å²) in [5.41, 5.74) is 1.69. The van der Waals surface area contributed by atoms with Crippen LogP contribution in [-0.2, 0) is 23.8 Å². The van der Waals surface area contributed by atoms with Crippen molar-refractivity contribution in [2.45, 2.75) is 63.0 Å². The van der Waals surface area contributed by atoms with Crippen LogP contribution in [0.1, 0.15) is 61.4 Å². The normalized spacial score (nSPS) is 34.1. The van der Waals surface area contributed by atoms with E-state index < -0.39 is 39.2 Å². The van der Waals surface area contributed by atoms with Gasteiger partial charge in [0.15, 0.2) is 10.3 Å². The van der Waals surface area contributed by atoms with Crippen molar-refractivity contribution < 1.29 is 38.4 Å². The molecule has 1 aliphatic heterocycles. The minimum Gasteiger partial charge on any atom is -0.507 e. The van der Waals surface area contributed by atoms with E-state index >= 15 is 0 Å². The Balaban J connectivity index is 1.76. The van der Waals surface area contributed by atoms with Gasteiger partial charge >= 0.3 is 17.7 Å². The number of phenolic OH excluding ortho intramolecular Hbond substituents is 1. The number of hydrogen-bond acceptors (Lipinski definition) is 8. The molecule has 2 fully saturated rings. The third-order valence-electron chi connectivity index (χ3n) is 8.09. The first-order valence-electron chi connectivity index (χ1n) is 12.3. The van der Waals surface area contributed by atoms with Crippen LogP contribution in [0.15, 0.2) is 41.3 Å². The van der Waals surface area contributed by atoms with E-state index in [2.05, 4.69) is 5.73 Å². The van der Waals surface area contributed by atoms with Gasteiger partial charge in [0.2, 0.25) is 5.78 Å². The summed E-state index contributed by atoms with van der Waals surface area (Å²) in [6.45, 7) is 3.44. The standard InChI is InChI=1S/C28H29ClO8/c1-16-12-18(30)21-19(13-16)36-28(37-22(21)31)23(32)27(29)20(34-3)14-26(28,24(33)35-4)15-25(27,2)11-10-17-8-6-5-7-9-17/h11-14,30H,5-9,15H2,1-4H3/t25-,26-,27+,28?/m0/s1. The SMILES string of the molecule is COC(=O)[C@@]12C=C(OC)[C@@](Cl)(C(=O)C13OC(=O)c1c(O)cc(C)cc1O3)[C@@](C)(C=C=C1CCCCC1)C2. The van der Waals surface area contributed by atoms with Gasteiger partial charge in [-0.2, -0.15) is 0 Å². The van der Waals surface area contributed by atoms with Gasteiger partial charge in [0.1, 0.15) is 22.8 Å². The fourth-order valence-electron chi connectivity index (χ4n) is 6.20. The van der Waals surface area contributed by atoms with Crippen molar-refractivity contribution in [3.8, 4) is 11.5 Å². The highest BCUT2D eigenvalue weighted by Gasteiger charge is 2.83. The largest absolute Gasteiger partial charge is 0.507 e. The predicted octanol–water partition coefficient (Wildman–Crippen LogP) is 4.65. The number of benzene rings is 1. The molecule has 1 aromatic carbocycles. The highest BCUT2D eigenvalue weighted by atomic mass is 35.5. The van der Waals surface area contributed by atoms with Crippen LogP contribution in [0.5, 0.6) is 11.5 Å². The van der Waals surface area contributed by atoms with Gasteiger partial charge in [0.05, 0.1) is 14.2 Å². The quantitative estimate of drug-likeness (QED) is 0.343. The molecular weight excluding hydrogens is 500 g/mol. The molecule has 2 saturated carbocycles. The Bertz CT molecular complexity index is 1320. The molecule has 5 aliphatic rings. The Morgan fingerprint density at radius 1 is 1.16 bits per heavy atom. The molecule has 1 N–H and O–H groups in total. The molecule has 6 rings (SSSR count). The van der Waals surface area contributed by atoms with Gasteiger partial charge in [0, 0.05) is 5.41 Å². The number of Topliss-reactive ketones (excluding diaryl/α,β-unsaturated/α-hetero) is 1. The van der Waals surface area contributed by atoms with Gasteiger partial charge in [-0.05, 0) is 74.4 Å². The number of carbonyl (C=O) groups excluding carboxylic acids is 3. The minimum atomic E-state index is -2.47. The van der Waals surface area contributed by atoms with Gasteiger partial charge in [-0.15, -0.1) is 17.3 Å². The number of phenols is 1. The summed E-state index contributed by atoms with van der Waals surface area (Å²) < 4.78 is 22.6. The fourth-order valence-corrected chi connectivity index (χ4v) is 6.58. The van der Waals surface area contributed by atoms with E-state index in [4.69, 9.17) is 30.5 Å². The number of fused-ring (bicyclic) bond motifs is 2. The first kappa shape index (κ1) is 25.4. The van der Waals surface area contributed by atoms with E-state index in [1.807, 2.05) is 0 Å². The summed E-state index contributed by atoms with van der Waals surface area (Å²) in [7, 11) is 2.54. The van der Waals surface area contributed by atoms with Crippen LogP contribution < -0.4 is 4.74 Å². The molecule has 1 heterocycles. The summed E-state index contributed by atoms with van der Waals surface area (Å²) in [5.74, 6) is -5.63. The number of alkyl halides is 1. The smallest absolute Gasteiger partial charge is 0.349 e. The van der Waals surface area contributed by atoms with Crippen molar-refractivity contribution >= 4 is 29.3 Å². The number of methoxy groups -OCH3 is 2. The Hall–Kier alpha value is -3.22. The number of allylic oxidation sites excluding steroid dienone is 2. The van der Waals surface area contributed by atoms with Crippen LogP contribution in [-0.4, -0.2) is 47.7 Å². The topological polar surface area (TPSA) is 108 Å². The monoisotopic (exact) mass is 528 g/mol. The zero-order valence-corrected chi connectivity index (χ0v) is 22.0. The lowest BCUT2D eigenvalue weighted by molar-refractivity contribution is -0.244. The lowest BCUT2D eigenvalue weighted by Gasteiger charge is -2.61. The number of aryl methyl sites for hydroxylation is 1. The molecule has 1 spiro atoms. The molecule has 4 aliphatic carbocycles. The summed E-state index contributed by atoms with van der Waals surface area (Å²) in [5, 5.41) is 10.4. The zero-order chi connectivity index (χ0) is 26.8. The maximum absolute atomic E-state index is 14.5. The molecule has 37 heavy (non-hydrogen) atoms. The summed E-state index contributed by atoms with van der Waals surface area (Å²) in [6.07, 6.45) is 8.11. The van der Waals surface area contributed by atoms with Gasteiger partial charge in [0.25, 0.3) is 0 Å². The second-order valence-electron chi connectivity index (χ2n) is 10.5. The molecule has 0 aromatic heterocycles. The molecular formula is C28H29ClO8. The average molecular weight is 529 g/mol. The van der Waals surface area contributed by atoms with Crippen LogP contribution in [0.3, 0.4) is 0 Å². The summed E-state index contributed by atoms with van der Waals surface area (Å²) >= 11 is 7.21. The van der Waals surface area contributed by atoms with Gasteiger partial charge in [-0.1, -0.05) is 13.3 Å². The maximum Gasteiger partial charge on any atom is 0.349 e. The Labute approximate surface area is 219 Å². The Kier molecular flexibility index (Phi) is 5.77. The number of halogens is 1. The summed E-state index contributed by atoms with van der Waals surface area (Å²) in [6, 6.07) is 2.87. The number of ketones is 1. The molecule has 9 heteroatoms. The molecule has 2 bridgehead atoms. The van der Waals surface area contributed by atoms with Crippen molar-refractivity contribution in [3.05, 3.63) is 52.5 Å². The molecule has 0 amide bonds. The highest BCUT2D eigenvalue weighted by molar-refractivity contribution is 6.41. The molecule has 8 nitrogen and oxygen atoms in total. The number of carbonyl (C=O) groups is 3. The predicted molar refractivity (Wildman–Crippen MR) is 132 cm³/mol. The highest BCUT2D eigenvalue weighted by Crippen LogP contribution is 2.67. The van der Waals surface area contributed by atoms with Crippen molar-refractivity contribution in [2.75, 3.05) is 14.2 Å². The molecule has 0 saturated heterocycles. The van der Waals surface area contributed by atoms with Gasteiger partial charge in [-0.25, -0.2) is 4.79 Å². The van der Waals surface area contributed by atoms with E-state index in [-0.39, 0.29) is 29.2 Å². The number of aromatic hydroxyl groups is 1. The van der Waals surface area contributed by atoms with Crippen LogP contribution in [0, 0.1) is 17.8 Å². The second kappa shape index (κ2) is 8.40. The number of hydrogen-bond donors (Lipinski definition) is 1. The number of esters is 2. The van der Waals surface area contributed by atoms with Crippen LogP contribution in [0.2, 0.25) is 0 Å². The third kappa shape index (κ3) is 3.25. The van der Waals surface area contributed by atoms with E-state index in [0.29, 0.717) is 5.56 Å². The molecule has 1 aromatic rings. The van der Waals surface area contributed by atoms with Crippen LogP contribution in [0.4, 0.5) is 0 Å². The summed E-state index contributed by atoms with van der Waals surface area (Å²) in [4.78, 5) is 39.4.